The molecule has 5 nitrogen and oxygen atoms in total. The number of para-hydroxylation sites is 1. The molecule has 1 aliphatic heterocycles. The van der Waals surface area contributed by atoms with Gasteiger partial charge in [-0.25, -0.2) is 0 Å². The van der Waals surface area contributed by atoms with Crippen LogP contribution in [0, 0.1) is 0 Å². The first-order chi connectivity index (χ1) is 16.5. The predicted octanol–water partition coefficient (Wildman–Crippen LogP) is 6.13. The number of amides is 1. The molecular weight excluding hydrogens is 422 g/mol. The number of likely N-dealkylation sites (N-methyl/N-ethyl adjacent to an activating group) is 1. The molecule has 176 valence electrons. The molecule has 0 saturated heterocycles. The summed E-state index contributed by atoms with van der Waals surface area (Å²) in [6.45, 7) is 5.36. The minimum atomic E-state index is 0.280. The molecule has 1 unspecified atom stereocenters. The number of methoxy groups -OCH3 is 1. The van der Waals surface area contributed by atoms with Crippen LogP contribution < -0.4 is 10.1 Å². The van der Waals surface area contributed by atoms with Crippen molar-refractivity contribution in [2.45, 2.75) is 32.2 Å². The highest BCUT2D eigenvalue weighted by atomic mass is 16.5. The van der Waals surface area contributed by atoms with Gasteiger partial charge < -0.3 is 15.0 Å². The Morgan fingerprint density at radius 3 is 2.38 bits per heavy atom. The maximum absolute atomic E-state index is 10.1. The molecule has 2 N–H and O–H groups in total. The molecule has 1 aliphatic rings. The number of nitrogens with zero attached hydrogens (tertiary/aromatic N) is 1. The number of anilines is 1. The fraction of sp³-hybridized carbons (Fsp3) is 0.276. The van der Waals surface area contributed by atoms with Gasteiger partial charge in [-0.15, -0.1) is 0 Å². The lowest BCUT2D eigenvalue weighted by Gasteiger charge is -2.33. The monoisotopic (exact) mass is 455 g/mol. The number of hydrogen-bond donors (Lipinski definition) is 2. The molecule has 34 heavy (non-hydrogen) atoms. The van der Waals surface area contributed by atoms with Crippen molar-refractivity contribution in [3.8, 4) is 5.75 Å². The second-order valence-electron chi connectivity index (χ2n) is 9.01. The van der Waals surface area contributed by atoms with Gasteiger partial charge in [-0.3, -0.25) is 9.69 Å². The highest BCUT2D eigenvalue weighted by molar-refractivity contribution is 5.85. The molecule has 0 aliphatic carbocycles. The van der Waals surface area contributed by atoms with Crippen LogP contribution in [0.15, 0.2) is 72.8 Å². The molecule has 3 aromatic carbocycles. The van der Waals surface area contributed by atoms with Gasteiger partial charge in [0.1, 0.15) is 5.75 Å². The molecule has 0 spiro atoms. The zero-order valence-electron chi connectivity index (χ0n) is 20.3. The molecule has 0 saturated carbocycles. The highest BCUT2D eigenvalue weighted by Gasteiger charge is 2.29. The summed E-state index contributed by atoms with van der Waals surface area (Å²) in [5.74, 6) is 1.44. The average Bonchev–Trinajstić information content (AvgIpc) is 3.23. The van der Waals surface area contributed by atoms with Crippen LogP contribution in [0.25, 0.3) is 10.9 Å². The minimum absolute atomic E-state index is 0.280. The largest absolute Gasteiger partial charge is 0.497 e. The molecule has 5 rings (SSSR count). The number of rotatable bonds is 5. The Morgan fingerprint density at radius 2 is 1.74 bits per heavy atom. The van der Waals surface area contributed by atoms with Crippen LogP contribution in [0.3, 0.4) is 0 Å². The van der Waals surface area contributed by atoms with E-state index in [0.29, 0.717) is 12.3 Å². The van der Waals surface area contributed by atoms with E-state index in [9.17, 15) is 4.79 Å². The summed E-state index contributed by atoms with van der Waals surface area (Å²) >= 11 is 0. The molecule has 0 fully saturated rings. The van der Waals surface area contributed by atoms with E-state index in [2.05, 4.69) is 72.5 Å². The van der Waals surface area contributed by atoms with Crippen molar-refractivity contribution in [1.29, 1.82) is 0 Å². The van der Waals surface area contributed by atoms with Gasteiger partial charge in [-0.2, -0.15) is 0 Å². The Morgan fingerprint density at radius 1 is 1.03 bits per heavy atom. The van der Waals surface area contributed by atoms with E-state index in [1.807, 2.05) is 36.4 Å². The third-order valence-electron chi connectivity index (χ3n) is 6.51. The summed E-state index contributed by atoms with van der Waals surface area (Å²) in [5, 5.41) is 3.96. The van der Waals surface area contributed by atoms with Crippen LogP contribution in [0.2, 0.25) is 0 Å². The van der Waals surface area contributed by atoms with Crippen molar-refractivity contribution in [2.24, 2.45) is 0 Å². The smallest absolute Gasteiger partial charge is 0.211 e. The van der Waals surface area contributed by atoms with E-state index in [1.165, 1.54) is 33.3 Å². The number of carbonyl (C=O) groups excluding carboxylic acids is 1. The number of nitrogens with one attached hydrogen (secondary N) is 2. The number of carbonyl (C=O) groups is 1. The number of hydrogen-bond acceptors (Lipinski definition) is 3. The summed E-state index contributed by atoms with van der Waals surface area (Å²) in [5.41, 5.74) is 7.47. The first kappa shape index (κ1) is 23.6. The first-order valence-electron chi connectivity index (χ1n) is 11.8. The maximum atomic E-state index is 10.1. The maximum Gasteiger partial charge on any atom is 0.211 e. The Bertz CT molecular complexity index is 1230. The highest BCUT2D eigenvalue weighted by Crippen LogP contribution is 2.37. The fourth-order valence-electron chi connectivity index (χ4n) is 4.60. The zero-order valence-corrected chi connectivity index (χ0v) is 20.3. The standard InChI is InChI=1S/C19H20N2O.C10H13NO/c1-21-12-11-16-15-5-3-4-6-17(15)20-18(16)19(21)13-7-9-14(22-2)10-8-13;1-8(2)9-3-5-10(6-4-9)11-7-12/h3-10,19-20H,11-12H2,1-2H3;3-8H,1-2H3,(H,11,12). The van der Waals surface area contributed by atoms with Gasteiger partial charge in [0.2, 0.25) is 6.41 Å². The van der Waals surface area contributed by atoms with E-state index >= 15 is 0 Å². The van der Waals surface area contributed by atoms with Crippen molar-refractivity contribution < 1.29 is 9.53 Å². The number of aromatic nitrogens is 1. The van der Waals surface area contributed by atoms with Crippen molar-refractivity contribution in [2.75, 3.05) is 26.0 Å². The number of benzene rings is 3. The molecule has 1 atom stereocenters. The second-order valence-corrected chi connectivity index (χ2v) is 9.01. The SMILES string of the molecule is CC(C)c1ccc(NC=O)cc1.COc1ccc(C2c3[nH]c4ccccc4c3CCN2C)cc1. The van der Waals surface area contributed by atoms with Crippen LogP contribution in [0.4, 0.5) is 5.69 Å². The topological polar surface area (TPSA) is 57.4 Å². The summed E-state index contributed by atoms with van der Waals surface area (Å²) in [4.78, 5) is 16.1. The molecule has 2 heterocycles. The molecule has 1 aromatic heterocycles. The van der Waals surface area contributed by atoms with Crippen LogP contribution in [0.1, 0.15) is 48.2 Å². The van der Waals surface area contributed by atoms with Gasteiger partial charge in [0.05, 0.1) is 13.2 Å². The number of ether oxygens (including phenoxy) is 1. The van der Waals surface area contributed by atoms with Gasteiger partial charge in [0.15, 0.2) is 0 Å². The molecule has 0 bridgehead atoms. The van der Waals surface area contributed by atoms with Crippen LogP contribution in [-0.2, 0) is 11.2 Å². The lowest BCUT2D eigenvalue weighted by Crippen LogP contribution is -2.32. The number of fused-ring (bicyclic) bond motifs is 3. The van der Waals surface area contributed by atoms with Gasteiger partial charge in [0, 0.05) is 28.8 Å². The van der Waals surface area contributed by atoms with Gasteiger partial charge in [-0.05, 0) is 66.4 Å². The summed E-state index contributed by atoms with van der Waals surface area (Å²) in [7, 11) is 3.90. The second kappa shape index (κ2) is 10.6. The zero-order chi connectivity index (χ0) is 24.1. The van der Waals surface area contributed by atoms with Crippen molar-refractivity contribution in [1.82, 2.24) is 9.88 Å². The fourth-order valence-corrected chi connectivity index (χ4v) is 4.60. The van der Waals surface area contributed by atoms with Gasteiger partial charge in [0.25, 0.3) is 0 Å². The van der Waals surface area contributed by atoms with Crippen LogP contribution in [-0.4, -0.2) is 37.0 Å². The van der Waals surface area contributed by atoms with Crippen molar-refractivity contribution >= 4 is 23.0 Å². The predicted molar refractivity (Wildman–Crippen MR) is 140 cm³/mol. The van der Waals surface area contributed by atoms with Crippen LogP contribution >= 0.6 is 0 Å². The quantitative estimate of drug-likeness (QED) is 0.356. The molecule has 0 radical (unpaired) electrons. The lowest BCUT2D eigenvalue weighted by atomic mass is 9.93. The molecule has 5 heteroatoms. The average molecular weight is 456 g/mol. The third-order valence-corrected chi connectivity index (χ3v) is 6.51. The van der Waals surface area contributed by atoms with E-state index in [1.54, 1.807) is 7.11 Å². The van der Waals surface area contributed by atoms with Crippen LogP contribution in [0.5, 0.6) is 5.75 Å². The molecule has 4 aromatic rings. The van der Waals surface area contributed by atoms with Gasteiger partial charge >= 0.3 is 0 Å². The van der Waals surface area contributed by atoms with Gasteiger partial charge in [-0.1, -0.05) is 56.3 Å². The summed E-state index contributed by atoms with van der Waals surface area (Å²) in [6, 6.07) is 25.2. The first-order valence-corrected chi connectivity index (χ1v) is 11.8. The Hall–Kier alpha value is -3.57. The number of aromatic amines is 1. The molecular formula is C29H33N3O2. The number of H-pyrrole nitrogens is 1. The lowest BCUT2D eigenvalue weighted by molar-refractivity contribution is -0.105. The van der Waals surface area contributed by atoms with E-state index in [0.717, 1.165) is 24.4 Å². The van der Waals surface area contributed by atoms with Crippen molar-refractivity contribution in [3.63, 3.8) is 0 Å². The summed E-state index contributed by atoms with van der Waals surface area (Å²) < 4.78 is 5.28. The third kappa shape index (κ3) is 5.00. The van der Waals surface area contributed by atoms with E-state index < -0.39 is 0 Å². The van der Waals surface area contributed by atoms with Crippen molar-refractivity contribution in [3.05, 3.63) is 95.2 Å². The Kier molecular flexibility index (Phi) is 7.33. The Labute approximate surface area is 201 Å². The molecule has 1 amide bonds. The van der Waals surface area contributed by atoms with E-state index in [-0.39, 0.29) is 6.04 Å². The summed E-state index contributed by atoms with van der Waals surface area (Å²) in [6.07, 6.45) is 1.78. The normalized spacial score (nSPS) is 15.4. The van der Waals surface area contributed by atoms with E-state index in [4.69, 9.17) is 4.74 Å². The minimum Gasteiger partial charge on any atom is -0.497 e. The Balaban J connectivity index is 0.000000195.